The maximum atomic E-state index is 9.89. The summed E-state index contributed by atoms with van der Waals surface area (Å²) < 4.78 is 15.9. The Hall–Kier alpha value is -1.17. The van der Waals surface area contributed by atoms with Crippen molar-refractivity contribution in [3.63, 3.8) is 0 Å². The van der Waals surface area contributed by atoms with Crippen LogP contribution in [0.3, 0.4) is 0 Å². The van der Waals surface area contributed by atoms with Crippen LogP contribution < -0.4 is 14.8 Å². The highest BCUT2D eigenvalue weighted by molar-refractivity contribution is 6.32. The van der Waals surface area contributed by atoms with E-state index in [4.69, 9.17) is 25.8 Å². The van der Waals surface area contributed by atoms with Gasteiger partial charge in [0.2, 0.25) is 0 Å². The Morgan fingerprint density at radius 2 is 2.00 bits per heavy atom. The number of benzene rings is 1. The van der Waals surface area contributed by atoms with Crippen molar-refractivity contribution < 1.29 is 19.3 Å². The second-order valence-corrected chi connectivity index (χ2v) is 5.61. The molecule has 2 N–H and O–H groups in total. The lowest BCUT2D eigenvalue weighted by atomic mass is 10.2. The lowest BCUT2D eigenvalue weighted by molar-refractivity contribution is 0.0386. The molecule has 5 nitrogen and oxygen atoms in total. The molecule has 1 aromatic carbocycles. The van der Waals surface area contributed by atoms with Crippen LogP contribution in [0.1, 0.15) is 12.8 Å². The number of nitrogens with one attached hydrogen (secondary N) is 1. The summed E-state index contributed by atoms with van der Waals surface area (Å²) in [4.78, 5) is 0. The van der Waals surface area contributed by atoms with E-state index in [9.17, 15) is 5.11 Å². The van der Waals surface area contributed by atoms with Crippen molar-refractivity contribution in [1.29, 1.82) is 0 Å². The Balaban J connectivity index is 1.84. The number of methoxy groups -OCH3 is 2. The summed E-state index contributed by atoms with van der Waals surface area (Å²) >= 11 is 6.09. The van der Waals surface area contributed by atoms with Gasteiger partial charge >= 0.3 is 0 Å². The van der Waals surface area contributed by atoms with Gasteiger partial charge in [0.05, 0.1) is 37.6 Å². The van der Waals surface area contributed by atoms with Crippen molar-refractivity contribution in [2.75, 3.05) is 39.3 Å². The quantitative estimate of drug-likeness (QED) is 0.733. The average molecular weight is 316 g/mol. The molecule has 0 saturated heterocycles. The van der Waals surface area contributed by atoms with Gasteiger partial charge in [0.15, 0.2) is 0 Å². The summed E-state index contributed by atoms with van der Waals surface area (Å²) in [5, 5.41) is 13.5. The number of hydrogen-bond acceptors (Lipinski definition) is 5. The van der Waals surface area contributed by atoms with Crippen molar-refractivity contribution >= 4 is 17.3 Å². The lowest BCUT2D eigenvalue weighted by Crippen LogP contribution is -2.25. The molecule has 2 rings (SSSR count). The van der Waals surface area contributed by atoms with Gasteiger partial charge in [-0.05, 0) is 24.8 Å². The van der Waals surface area contributed by atoms with Crippen molar-refractivity contribution in [3.05, 3.63) is 17.2 Å². The minimum atomic E-state index is -0.575. The molecule has 6 heteroatoms. The Morgan fingerprint density at radius 1 is 1.29 bits per heavy atom. The zero-order chi connectivity index (χ0) is 15.2. The number of aliphatic hydroxyl groups excluding tert-OH is 1. The van der Waals surface area contributed by atoms with Gasteiger partial charge in [-0.15, -0.1) is 0 Å². The first-order chi connectivity index (χ1) is 10.1. The standard InChI is InChI=1S/C15H22ClNO4/c1-19-14-6-15(20-2)13(5-12(14)16)17-7-11(18)9-21-8-10-3-4-10/h5-6,10-11,17-18H,3-4,7-9H2,1-2H3. The third-order valence-corrected chi connectivity index (χ3v) is 3.66. The van der Waals surface area contributed by atoms with Crippen LogP contribution in [0.25, 0.3) is 0 Å². The van der Waals surface area contributed by atoms with Crippen LogP contribution in [-0.2, 0) is 4.74 Å². The fourth-order valence-corrected chi connectivity index (χ4v) is 2.18. The number of rotatable bonds is 9. The van der Waals surface area contributed by atoms with Crippen molar-refractivity contribution in [2.24, 2.45) is 5.92 Å². The molecule has 21 heavy (non-hydrogen) atoms. The smallest absolute Gasteiger partial charge is 0.145 e. The highest BCUT2D eigenvalue weighted by atomic mass is 35.5. The van der Waals surface area contributed by atoms with Crippen LogP contribution in [0.4, 0.5) is 5.69 Å². The van der Waals surface area contributed by atoms with E-state index in [0.717, 1.165) is 6.61 Å². The summed E-state index contributed by atoms with van der Waals surface area (Å²) in [6.45, 7) is 1.44. The van der Waals surface area contributed by atoms with Crippen LogP contribution in [0.15, 0.2) is 12.1 Å². The molecule has 0 amide bonds. The van der Waals surface area contributed by atoms with Gasteiger partial charge in [0.25, 0.3) is 0 Å². The Labute approximate surface area is 130 Å². The maximum Gasteiger partial charge on any atom is 0.145 e. The molecule has 1 aliphatic rings. The van der Waals surface area contributed by atoms with Gasteiger partial charge in [-0.2, -0.15) is 0 Å². The number of aliphatic hydroxyl groups is 1. The fourth-order valence-electron chi connectivity index (χ4n) is 1.94. The zero-order valence-electron chi connectivity index (χ0n) is 12.4. The number of halogens is 1. The lowest BCUT2D eigenvalue weighted by Gasteiger charge is -2.16. The largest absolute Gasteiger partial charge is 0.495 e. The Kier molecular flexibility index (Phi) is 5.96. The number of ether oxygens (including phenoxy) is 3. The van der Waals surface area contributed by atoms with E-state index in [1.54, 1.807) is 26.4 Å². The fraction of sp³-hybridized carbons (Fsp3) is 0.600. The van der Waals surface area contributed by atoms with Gasteiger partial charge in [-0.25, -0.2) is 0 Å². The molecule has 0 radical (unpaired) electrons. The van der Waals surface area contributed by atoms with Gasteiger partial charge < -0.3 is 24.6 Å². The third-order valence-electron chi connectivity index (χ3n) is 3.36. The van der Waals surface area contributed by atoms with Gasteiger partial charge in [0.1, 0.15) is 11.5 Å². The molecule has 0 aliphatic heterocycles. The van der Waals surface area contributed by atoms with E-state index in [-0.39, 0.29) is 0 Å². The topological polar surface area (TPSA) is 60.0 Å². The normalized spacial score (nSPS) is 15.6. The summed E-state index contributed by atoms with van der Waals surface area (Å²) in [6.07, 6.45) is 1.92. The molecule has 1 atom stereocenters. The van der Waals surface area contributed by atoms with Crippen LogP contribution in [0.5, 0.6) is 11.5 Å². The summed E-state index contributed by atoms with van der Waals surface area (Å²) in [7, 11) is 3.12. The van der Waals surface area contributed by atoms with Gasteiger partial charge in [-0.3, -0.25) is 0 Å². The minimum absolute atomic E-state index is 0.329. The second-order valence-electron chi connectivity index (χ2n) is 5.20. The summed E-state index contributed by atoms with van der Waals surface area (Å²) in [6, 6.07) is 3.43. The van der Waals surface area contributed by atoms with E-state index < -0.39 is 6.10 Å². The summed E-state index contributed by atoms with van der Waals surface area (Å²) in [5.74, 6) is 1.86. The highest BCUT2D eigenvalue weighted by Crippen LogP contribution is 2.35. The first-order valence-corrected chi connectivity index (χ1v) is 7.43. The molecule has 0 bridgehead atoms. The molecule has 1 unspecified atom stereocenters. The molecule has 1 aliphatic carbocycles. The minimum Gasteiger partial charge on any atom is -0.495 e. The first-order valence-electron chi connectivity index (χ1n) is 7.05. The van der Waals surface area contributed by atoms with Crippen LogP contribution in [-0.4, -0.2) is 45.2 Å². The molecule has 118 valence electrons. The van der Waals surface area contributed by atoms with Gasteiger partial charge in [-0.1, -0.05) is 11.6 Å². The number of hydrogen-bond donors (Lipinski definition) is 2. The molecule has 0 heterocycles. The van der Waals surface area contributed by atoms with E-state index in [0.29, 0.717) is 41.3 Å². The Bertz CT molecular complexity index is 465. The second kappa shape index (κ2) is 7.73. The van der Waals surface area contributed by atoms with Crippen molar-refractivity contribution in [3.8, 4) is 11.5 Å². The molecular formula is C15H22ClNO4. The first kappa shape index (κ1) is 16.2. The van der Waals surface area contributed by atoms with Crippen molar-refractivity contribution in [2.45, 2.75) is 18.9 Å². The number of anilines is 1. The van der Waals surface area contributed by atoms with Crippen LogP contribution >= 0.6 is 11.6 Å². The average Bonchev–Trinajstić information content (AvgIpc) is 3.29. The Morgan fingerprint density at radius 3 is 2.62 bits per heavy atom. The van der Waals surface area contributed by atoms with E-state index in [1.165, 1.54) is 12.8 Å². The third kappa shape index (κ3) is 4.95. The van der Waals surface area contributed by atoms with Gasteiger partial charge in [0, 0.05) is 19.2 Å². The van der Waals surface area contributed by atoms with E-state index >= 15 is 0 Å². The molecular weight excluding hydrogens is 294 g/mol. The molecule has 1 saturated carbocycles. The monoisotopic (exact) mass is 315 g/mol. The predicted octanol–water partition coefficient (Wildman–Crippen LogP) is 2.56. The molecule has 0 aromatic heterocycles. The molecule has 1 fully saturated rings. The highest BCUT2D eigenvalue weighted by Gasteiger charge is 2.21. The SMILES string of the molecule is COc1cc(OC)c(NCC(O)COCC2CC2)cc1Cl. The van der Waals surface area contributed by atoms with Crippen LogP contribution in [0, 0.1) is 5.92 Å². The van der Waals surface area contributed by atoms with E-state index in [2.05, 4.69) is 5.32 Å². The van der Waals surface area contributed by atoms with E-state index in [1.807, 2.05) is 0 Å². The molecule has 1 aromatic rings. The predicted molar refractivity (Wildman–Crippen MR) is 82.6 cm³/mol. The molecule has 0 spiro atoms. The maximum absolute atomic E-state index is 9.89. The zero-order valence-corrected chi connectivity index (χ0v) is 13.2. The van der Waals surface area contributed by atoms with Crippen LogP contribution in [0.2, 0.25) is 5.02 Å². The summed E-state index contributed by atoms with van der Waals surface area (Å²) in [5.41, 5.74) is 0.713. The van der Waals surface area contributed by atoms with Crippen molar-refractivity contribution in [1.82, 2.24) is 0 Å².